The molecule has 0 unspecified atom stereocenters. The maximum atomic E-state index is 12.5. The van der Waals surface area contributed by atoms with Gasteiger partial charge in [0.25, 0.3) is 5.91 Å². The van der Waals surface area contributed by atoms with Crippen LogP contribution in [0.25, 0.3) is 0 Å². The molecule has 7 heteroatoms. The van der Waals surface area contributed by atoms with Gasteiger partial charge in [0.1, 0.15) is 5.82 Å². The van der Waals surface area contributed by atoms with Crippen LogP contribution in [0.1, 0.15) is 54.0 Å². The van der Waals surface area contributed by atoms with Gasteiger partial charge in [0.2, 0.25) is 5.91 Å². The highest BCUT2D eigenvalue weighted by molar-refractivity contribution is 6.30. The summed E-state index contributed by atoms with van der Waals surface area (Å²) in [6.07, 6.45) is 3.86. The number of anilines is 1. The molecule has 0 aliphatic carbocycles. The van der Waals surface area contributed by atoms with Crippen molar-refractivity contribution in [1.82, 2.24) is 14.9 Å². The molecule has 1 atom stereocenters. The number of aryl methyl sites for hydroxylation is 1. The molecular weight excluding hydrogens is 364 g/mol. The average molecular weight is 387 g/mol. The fraction of sp³-hybridized carbons (Fsp3) is 0.400. The Morgan fingerprint density at radius 2 is 2.04 bits per heavy atom. The van der Waals surface area contributed by atoms with Crippen LogP contribution in [-0.2, 0) is 4.79 Å². The zero-order valence-electron chi connectivity index (χ0n) is 15.5. The average Bonchev–Trinajstić information content (AvgIpc) is 3.14. The maximum absolute atomic E-state index is 12.5. The monoisotopic (exact) mass is 386 g/mol. The summed E-state index contributed by atoms with van der Waals surface area (Å²) in [7, 11) is 0. The van der Waals surface area contributed by atoms with Gasteiger partial charge in [-0.3, -0.25) is 9.59 Å². The standard InChI is InChI=1S/C20H23ClN4O2/c1-3-4-18(26)25-10-9-14(12-25)19-22-11-17(13(2)23-19)20(27)24-16-7-5-15(21)6-8-16/h5-8,11,14H,3-4,9-10,12H2,1-2H3,(H,24,27)/t14-/m1/s1. The van der Waals surface area contributed by atoms with Crippen molar-refractivity contribution in [1.29, 1.82) is 0 Å². The molecule has 1 aromatic carbocycles. The summed E-state index contributed by atoms with van der Waals surface area (Å²) in [5.41, 5.74) is 1.73. The van der Waals surface area contributed by atoms with E-state index in [1.165, 1.54) is 0 Å². The second-order valence-electron chi connectivity index (χ2n) is 6.76. The number of nitrogens with zero attached hydrogens (tertiary/aromatic N) is 3. The molecule has 6 nitrogen and oxygen atoms in total. The van der Waals surface area contributed by atoms with Crippen molar-refractivity contribution in [3.63, 3.8) is 0 Å². The van der Waals surface area contributed by atoms with E-state index < -0.39 is 0 Å². The van der Waals surface area contributed by atoms with Gasteiger partial charge in [-0.25, -0.2) is 9.97 Å². The highest BCUT2D eigenvalue weighted by Crippen LogP contribution is 2.26. The quantitative estimate of drug-likeness (QED) is 0.847. The minimum absolute atomic E-state index is 0.123. The molecule has 0 bridgehead atoms. The van der Waals surface area contributed by atoms with Gasteiger partial charge in [-0.15, -0.1) is 0 Å². The normalized spacial score (nSPS) is 16.4. The highest BCUT2D eigenvalue weighted by atomic mass is 35.5. The molecule has 0 saturated carbocycles. The van der Waals surface area contributed by atoms with Crippen LogP contribution in [0.3, 0.4) is 0 Å². The van der Waals surface area contributed by atoms with Crippen molar-refractivity contribution in [2.75, 3.05) is 18.4 Å². The van der Waals surface area contributed by atoms with Gasteiger partial charge in [-0.05, 0) is 44.0 Å². The number of hydrogen-bond donors (Lipinski definition) is 1. The molecule has 27 heavy (non-hydrogen) atoms. The first-order valence-electron chi connectivity index (χ1n) is 9.16. The lowest BCUT2D eigenvalue weighted by Gasteiger charge is -2.16. The molecule has 2 amide bonds. The summed E-state index contributed by atoms with van der Waals surface area (Å²) in [5, 5.41) is 3.43. The molecule has 3 rings (SSSR count). The zero-order valence-corrected chi connectivity index (χ0v) is 16.3. The first kappa shape index (κ1) is 19.3. The number of benzene rings is 1. The van der Waals surface area contributed by atoms with Crippen LogP contribution >= 0.6 is 11.6 Å². The van der Waals surface area contributed by atoms with Crippen LogP contribution < -0.4 is 5.32 Å². The predicted octanol–water partition coefficient (Wildman–Crippen LogP) is 3.81. The molecule has 2 aromatic rings. The molecule has 1 N–H and O–H groups in total. The molecule has 0 radical (unpaired) electrons. The second kappa shape index (κ2) is 8.48. The fourth-order valence-electron chi connectivity index (χ4n) is 3.21. The van der Waals surface area contributed by atoms with Gasteiger partial charge in [0.15, 0.2) is 0 Å². The molecule has 0 spiro atoms. The van der Waals surface area contributed by atoms with Gasteiger partial charge in [0, 0.05) is 42.3 Å². The van der Waals surface area contributed by atoms with Gasteiger partial charge in [-0.1, -0.05) is 18.5 Å². The third-order valence-corrected chi connectivity index (χ3v) is 4.97. The summed E-state index contributed by atoms with van der Waals surface area (Å²) in [4.78, 5) is 35.4. The van der Waals surface area contributed by atoms with E-state index in [0.717, 1.165) is 19.4 Å². The van der Waals surface area contributed by atoms with Crippen LogP contribution in [0.2, 0.25) is 5.02 Å². The Morgan fingerprint density at radius 1 is 1.30 bits per heavy atom. The molecule has 1 aromatic heterocycles. The first-order valence-corrected chi connectivity index (χ1v) is 9.54. The van der Waals surface area contributed by atoms with E-state index in [-0.39, 0.29) is 17.7 Å². The van der Waals surface area contributed by atoms with Crippen LogP contribution in [0.15, 0.2) is 30.5 Å². The summed E-state index contributed by atoms with van der Waals surface area (Å²) >= 11 is 5.86. The zero-order chi connectivity index (χ0) is 19.4. The van der Waals surface area contributed by atoms with E-state index in [4.69, 9.17) is 11.6 Å². The van der Waals surface area contributed by atoms with Gasteiger partial charge >= 0.3 is 0 Å². The summed E-state index contributed by atoms with van der Waals surface area (Å²) < 4.78 is 0. The number of carbonyl (C=O) groups excluding carboxylic acids is 2. The number of likely N-dealkylation sites (tertiary alicyclic amines) is 1. The lowest BCUT2D eigenvalue weighted by molar-refractivity contribution is -0.130. The number of halogens is 1. The summed E-state index contributed by atoms with van der Waals surface area (Å²) in [5.74, 6) is 0.753. The minimum atomic E-state index is -0.257. The summed E-state index contributed by atoms with van der Waals surface area (Å²) in [6, 6.07) is 6.92. The Hall–Kier alpha value is -2.47. The van der Waals surface area contributed by atoms with E-state index >= 15 is 0 Å². The SMILES string of the molecule is CCCC(=O)N1CC[C@@H](c2ncc(C(=O)Nc3ccc(Cl)cc3)c(C)n2)C1. The van der Waals surface area contributed by atoms with Crippen molar-refractivity contribution >= 4 is 29.1 Å². The molecule has 1 fully saturated rings. The van der Waals surface area contributed by atoms with E-state index in [2.05, 4.69) is 15.3 Å². The minimum Gasteiger partial charge on any atom is -0.342 e. The van der Waals surface area contributed by atoms with E-state index in [1.54, 1.807) is 37.4 Å². The number of amides is 2. The predicted molar refractivity (Wildman–Crippen MR) is 105 cm³/mol. The lowest BCUT2D eigenvalue weighted by Crippen LogP contribution is -2.28. The Morgan fingerprint density at radius 3 is 2.70 bits per heavy atom. The molecule has 2 heterocycles. The van der Waals surface area contributed by atoms with E-state index in [1.807, 2.05) is 11.8 Å². The van der Waals surface area contributed by atoms with Gasteiger partial charge in [-0.2, -0.15) is 0 Å². The summed E-state index contributed by atoms with van der Waals surface area (Å²) in [6.45, 7) is 5.20. The smallest absolute Gasteiger partial charge is 0.259 e. The van der Waals surface area contributed by atoms with Crippen molar-refractivity contribution in [3.8, 4) is 0 Å². The molecule has 1 aliphatic rings. The van der Waals surface area contributed by atoms with Gasteiger partial charge in [0.05, 0.1) is 11.3 Å². The maximum Gasteiger partial charge on any atom is 0.259 e. The third-order valence-electron chi connectivity index (χ3n) is 4.71. The second-order valence-corrected chi connectivity index (χ2v) is 7.20. The highest BCUT2D eigenvalue weighted by Gasteiger charge is 2.29. The van der Waals surface area contributed by atoms with Crippen LogP contribution in [0.4, 0.5) is 5.69 Å². The molecule has 142 valence electrons. The molecule has 1 saturated heterocycles. The van der Waals surface area contributed by atoms with E-state index in [9.17, 15) is 9.59 Å². The van der Waals surface area contributed by atoms with Gasteiger partial charge < -0.3 is 10.2 Å². The van der Waals surface area contributed by atoms with Crippen molar-refractivity contribution in [2.24, 2.45) is 0 Å². The largest absolute Gasteiger partial charge is 0.342 e. The number of hydrogen-bond acceptors (Lipinski definition) is 4. The topological polar surface area (TPSA) is 75.2 Å². The first-order chi connectivity index (χ1) is 13.0. The Kier molecular flexibility index (Phi) is 6.06. The van der Waals surface area contributed by atoms with Crippen LogP contribution in [0.5, 0.6) is 0 Å². The van der Waals surface area contributed by atoms with Crippen LogP contribution in [-0.4, -0.2) is 39.8 Å². The van der Waals surface area contributed by atoms with Crippen molar-refractivity contribution < 1.29 is 9.59 Å². The van der Waals surface area contributed by atoms with Crippen molar-refractivity contribution in [3.05, 3.63) is 52.6 Å². The number of carbonyl (C=O) groups is 2. The Labute approximate surface area is 164 Å². The Bertz CT molecular complexity index is 838. The molecular formula is C20H23ClN4O2. The van der Waals surface area contributed by atoms with Crippen molar-refractivity contribution in [2.45, 2.75) is 39.0 Å². The molecule has 1 aliphatic heterocycles. The number of rotatable bonds is 5. The number of aromatic nitrogens is 2. The third kappa shape index (κ3) is 4.63. The van der Waals surface area contributed by atoms with E-state index in [0.29, 0.717) is 40.8 Å². The van der Waals surface area contributed by atoms with Crippen LogP contribution in [0, 0.1) is 6.92 Å². The Balaban J connectivity index is 1.68. The fourth-order valence-corrected chi connectivity index (χ4v) is 3.33. The number of nitrogens with one attached hydrogen (secondary N) is 1. The lowest BCUT2D eigenvalue weighted by atomic mass is 10.1.